The number of methoxy groups -OCH3 is 1. The second kappa shape index (κ2) is 7.29. The van der Waals surface area contributed by atoms with Gasteiger partial charge in [0.25, 0.3) is 0 Å². The molecule has 0 aliphatic heterocycles. The number of nitrogens with one attached hydrogen (secondary N) is 1. The molecule has 3 atom stereocenters. The second-order valence-electron chi connectivity index (χ2n) is 5.13. The van der Waals surface area contributed by atoms with E-state index in [2.05, 4.69) is 45.1 Å². The molecule has 3 nitrogen and oxygen atoms in total. The lowest BCUT2D eigenvalue weighted by Gasteiger charge is -2.26. The van der Waals surface area contributed by atoms with Gasteiger partial charge in [-0.15, -0.1) is 0 Å². The summed E-state index contributed by atoms with van der Waals surface area (Å²) in [5.74, 6) is 0.0636. The van der Waals surface area contributed by atoms with Crippen molar-refractivity contribution >= 4 is 5.97 Å². The van der Waals surface area contributed by atoms with Gasteiger partial charge in [-0.3, -0.25) is 10.1 Å². The van der Waals surface area contributed by atoms with Gasteiger partial charge in [-0.05, 0) is 30.9 Å². The van der Waals surface area contributed by atoms with E-state index in [-0.39, 0.29) is 24.0 Å². The normalized spacial score (nSPS) is 15.6. The Balaban J connectivity index is 2.85. The summed E-state index contributed by atoms with van der Waals surface area (Å²) in [6, 6.07) is 8.10. The smallest absolute Gasteiger partial charge is 0.323 e. The van der Waals surface area contributed by atoms with Crippen LogP contribution in [0.25, 0.3) is 0 Å². The Bertz CT molecular complexity index is 417. The van der Waals surface area contributed by atoms with Crippen LogP contribution in [0.15, 0.2) is 24.3 Å². The van der Waals surface area contributed by atoms with Crippen LogP contribution in [-0.2, 0) is 9.53 Å². The predicted molar refractivity (Wildman–Crippen MR) is 78.0 cm³/mol. The van der Waals surface area contributed by atoms with E-state index in [0.717, 1.165) is 6.42 Å². The molecule has 3 heteroatoms. The molecule has 1 aromatic carbocycles. The van der Waals surface area contributed by atoms with E-state index >= 15 is 0 Å². The first kappa shape index (κ1) is 15.7. The zero-order chi connectivity index (χ0) is 14.4. The molecule has 0 saturated carbocycles. The number of hydrogen-bond acceptors (Lipinski definition) is 3. The molecule has 19 heavy (non-hydrogen) atoms. The van der Waals surface area contributed by atoms with E-state index in [4.69, 9.17) is 4.74 Å². The molecule has 0 fully saturated rings. The van der Waals surface area contributed by atoms with Crippen LogP contribution in [0.5, 0.6) is 0 Å². The van der Waals surface area contributed by atoms with Crippen molar-refractivity contribution in [3.63, 3.8) is 0 Å². The van der Waals surface area contributed by atoms with Gasteiger partial charge in [0.15, 0.2) is 0 Å². The second-order valence-corrected chi connectivity index (χ2v) is 5.13. The number of esters is 1. The van der Waals surface area contributed by atoms with Gasteiger partial charge in [0.05, 0.1) is 7.11 Å². The number of benzene rings is 1. The number of ether oxygens (including phenoxy) is 1. The zero-order valence-corrected chi connectivity index (χ0v) is 12.6. The van der Waals surface area contributed by atoms with Crippen molar-refractivity contribution in [2.24, 2.45) is 5.92 Å². The Morgan fingerprint density at radius 3 is 2.47 bits per heavy atom. The fourth-order valence-electron chi connectivity index (χ4n) is 2.26. The maximum absolute atomic E-state index is 11.9. The highest BCUT2D eigenvalue weighted by Gasteiger charge is 2.26. The molecule has 106 valence electrons. The quantitative estimate of drug-likeness (QED) is 0.801. The summed E-state index contributed by atoms with van der Waals surface area (Å²) >= 11 is 0. The lowest BCUT2D eigenvalue weighted by molar-refractivity contribution is -0.144. The minimum absolute atomic E-state index is 0.124. The average Bonchev–Trinajstić information content (AvgIpc) is 2.43. The molecule has 0 radical (unpaired) electrons. The van der Waals surface area contributed by atoms with Crippen LogP contribution in [0.3, 0.4) is 0 Å². The third-order valence-corrected chi connectivity index (χ3v) is 3.75. The van der Waals surface area contributed by atoms with Crippen LogP contribution in [0.1, 0.15) is 44.4 Å². The van der Waals surface area contributed by atoms with Gasteiger partial charge in [0.2, 0.25) is 0 Å². The van der Waals surface area contributed by atoms with Crippen molar-refractivity contribution < 1.29 is 9.53 Å². The largest absolute Gasteiger partial charge is 0.468 e. The van der Waals surface area contributed by atoms with Crippen molar-refractivity contribution in [1.29, 1.82) is 0 Å². The van der Waals surface area contributed by atoms with Crippen LogP contribution in [0.2, 0.25) is 0 Å². The number of aryl methyl sites for hydroxylation is 1. The van der Waals surface area contributed by atoms with E-state index in [9.17, 15) is 4.79 Å². The predicted octanol–water partition coefficient (Wildman–Crippen LogP) is 3.23. The molecule has 1 rings (SSSR count). The standard InChI is InChI=1S/C16H25NO2/c1-6-11(2)15(16(18)19-5)17-13(4)14-10-8-7-9-12(14)3/h7-11,13,15,17H,6H2,1-5H3. The average molecular weight is 263 g/mol. The minimum Gasteiger partial charge on any atom is -0.468 e. The van der Waals surface area contributed by atoms with Gasteiger partial charge in [0, 0.05) is 6.04 Å². The molecule has 0 aliphatic carbocycles. The summed E-state index contributed by atoms with van der Waals surface area (Å²) in [5, 5.41) is 3.40. The summed E-state index contributed by atoms with van der Waals surface area (Å²) in [4.78, 5) is 11.9. The SMILES string of the molecule is CCC(C)C(NC(C)c1ccccc1C)C(=O)OC. The number of rotatable bonds is 6. The molecule has 0 bridgehead atoms. The summed E-state index contributed by atoms with van der Waals surface area (Å²) in [7, 11) is 1.44. The molecule has 0 aromatic heterocycles. The molecule has 0 saturated heterocycles. The first-order valence-corrected chi connectivity index (χ1v) is 6.90. The van der Waals surface area contributed by atoms with Crippen molar-refractivity contribution in [3.8, 4) is 0 Å². The van der Waals surface area contributed by atoms with Gasteiger partial charge in [0.1, 0.15) is 6.04 Å². The first-order chi connectivity index (χ1) is 9.01. The van der Waals surface area contributed by atoms with E-state index in [1.807, 2.05) is 12.1 Å². The highest BCUT2D eigenvalue weighted by atomic mass is 16.5. The molecule has 0 amide bonds. The van der Waals surface area contributed by atoms with E-state index in [1.165, 1.54) is 18.2 Å². The topological polar surface area (TPSA) is 38.3 Å². The monoisotopic (exact) mass is 263 g/mol. The Labute approximate surface area is 116 Å². The van der Waals surface area contributed by atoms with Gasteiger partial charge in [-0.25, -0.2) is 0 Å². The van der Waals surface area contributed by atoms with Crippen molar-refractivity contribution in [1.82, 2.24) is 5.32 Å². The maximum Gasteiger partial charge on any atom is 0.323 e. The molecule has 3 unspecified atom stereocenters. The maximum atomic E-state index is 11.9. The molecular formula is C16H25NO2. The van der Waals surface area contributed by atoms with Crippen LogP contribution >= 0.6 is 0 Å². The van der Waals surface area contributed by atoms with E-state index in [0.29, 0.717) is 0 Å². The van der Waals surface area contributed by atoms with Gasteiger partial charge >= 0.3 is 5.97 Å². The third kappa shape index (κ3) is 4.06. The number of hydrogen-bond donors (Lipinski definition) is 1. The Kier molecular flexibility index (Phi) is 6.03. The highest BCUT2D eigenvalue weighted by molar-refractivity contribution is 5.76. The molecule has 0 aliphatic rings. The van der Waals surface area contributed by atoms with E-state index in [1.54, 1.807) is 0 Å². The summed E-state index contributed by atoms with van der Waals surface area (Å²) < 4.78 is 4.90. The third-order valence-electron chi connectivity index (χ3n) is 3.75. The van der Waals surface area contributed by atoms with Gasteiger partial charge in [-0.1, -0.05) is 44.5 Å². The summed E-state index contributed by atoms with van der Waals surface area (Å²) in [6.45, 7) is 8.32. The summed E-state index contributed by atoms with van der Waals surface area (Å²) in [6.07, 6.45) is 0.938. The fourth-order valence-corrected chi connectivity index (χ4v) is 2.26. The summed E-state index contributed by atoms with van der Waals surface area (Å²) in [5.41, 5.74) is 2.45. The van der Waals surface area contributed by atoms with Crippen LogP contribution in [0, 0.1) is 12.8 Å². The molecule has 1 aromatic rings. The van der Waals surface area contributed by atoms with Crippen LogP contribution < -0.4 is 5.32 Å². The zero-order valence-electron chi connectivity index (χ0n) is 12.6. The highest BCUT2D eigenvalue weighted by Crippen LogP contribution is 2.20. The molecule has 0 heterocycles. The Morgan fingerprint density at radius 1 is 1.32 bits per heavy atom. The number of carbonyl (C=O) groups excluding carboxylic acids is 1. The Morgan fingerprint density at radius 2 is 1.95 bits per heavy atom. The minimum atomic E-state index is -0.260. The lowest BCUT2D eigenvalue weighted by atomic mass is 9.96. The van der Waals surface area contributed by atoms with Crippen molar-refractivity contribution in [2.45, 2.75) is 46.2 Å². The fraction of sp³-hybridized carbons (Fsp3) is 0.562. The lowest BCUT2D eigenvalue weighted by Crippen LogP contribution is -2.43. The van der Waals surface area contributed by atoms with Crippen molar-refractivity contribution in [3.05, 3.63) is 35.4 Å². The van der Waals surface area contributed by atoms with Gasteiger partial charge < -0.3 is 4.74 Å². The molecule has 1 N–H and O–H groups in total. The number of carbonyl (C=O) groups is 1. The first-order valence-electron chi connectivity index (χ1n) is 6.90. The Hall–Kier alpha value is -1.35. The van der Waals surface area contributed by atoms with Gasteiger partial charge in [-0.2, -0.15) is 0 Å². The molecular weight excluding hydrogens is 238 g/mol. The van der Waals surface area contributed by atoms with Crippen molar-refractivity contribution in [2.75, 3.05) is 7.11 Å². The van der Waals surface area contributed by atoms with Crippen LogP contribution in [-0.4, -0.2) is 19.1 Å². The molecule has 0 spiro atoms. The van der Waals surface area contributed by atoms with Crippen LogP contribution in [0.4, 0.5) is 0 Å². The van der Waals surface area contributed by atoms with E-state index < -0.39 is 0 Å².